The molecular weight excluding hydrogens is 372 g/mol. The molecule has 2 aromatic heterocycles. The highest BCUT2D eigenvalue weighted by Crippen LogP contribution is 2.26. The molecule has 0 saturated carbocycles. The summed E-state index contributed by atoms with van der Waals surface area (Å²) in [5.41, 5.74) is 0.0113. The Labute approximate surface area is 162 Å². The van der Waals surface area contributed by atoms with Crippen LogP contribution in [0.5, 0.6) is 11.6 Å². The number of hydrogen-bond donors (Lipinski definition) is 1. The summed E-state index contributed by atoms with van der Waals surface area (Å²) in [5, 5.41) is 7.48. The van der Waals surface area contributed by atoms with Gasteiger partial charge in [-0.2, -0.15) is 4.37 Å². The van der Waals surface area contributed by atoms with Crippen molar-refractivity contribution in [1.29, 1.82) is 0 Å². The van der Waals surface area contributed by atoms with Crippen LogP contribution in [0, 0.1) is 0 Å². The van der Waals surface area contributed by atoms with Crippen molar-refractivity contribution in [2.45, 2.75) is 32.4 Å². The van der Waals surface area contributed by atoms with Crippen molar-refractivity contribution in [3.05, 3.63) is 16.8 Å². The number of anilines is 1. The Bertz CT molecular complexity index is 651. The third-order valence-electron chi connectivity index (χ3n) is 3.82. The molecule has 1 fully saturated rings. The first kappa shape index (κ1) is 19.3. The SMILES string of the molecule is CC(C)(C)NCC(COc1nsnc1N1CCOCC1)Oc1ccsc1. The summed E-state index contributed by atoms with van der Waals surface area (Å²) >= 11 is 2.79. The van der Waals surface area contributed by atoms with Gasteiger partial charge in [0.25, 0.3) is 5.88 Å². The van der Waals surface area contributed by atoms with Crippen molar-refractivity contribution in [3.63, 3.8) is 0 Å². The zero-order valence-corrected chi connectivity index (χ0v) is 17.1. The standard InChI is InChI=1S/C17H26N4O3S2/c1-17(2,3)18-10-14(24-13-4-9-25-12-13)11-23-16-15(19-26-20-16)21-5-7-22-8-6-21/h4,9,12,14,18H,5-8,10-11H2,1-3H3. The van der Waals surface area contributed by atoms with Gasteiger partial charge in [0.2, 0.25) is 5.82 Å². The maximum atomic E-state index is 6.08. The van der Waals surface area contributed by atoms with Crippen molar-refractivity contribution < 1.29 is 14.2 Å². The van der Waals surface area contributed by atoms with Crippen molar-refractivity contribution in [2.75, 3.05) is 44.4 Å². The zero-order valence-electron chi connectivity index (χ0n) is 15.4. The highest BCUT2D eigenvalue weighted by atomic mass is 32.1. The summed E-state index contributed by atoms with van der Waals surface area (Å²) in [6, 6.07) is 1.97. The molecule has 3 heterocycles. The van der Waals surface area contributed by atoms with E-state index in [0.29, 0.717) is 32.2 Å². The van der Waals surface area contributed by atoms with E-state index in [1.54, 1.807) is 11.3 Å². The average molecular weight is 399 g/mol. The lowest BCUT2D eigenvalue weighted by molar-refractivity contribution is 0.115. The quantitative estimate of drug-likeness (QED) is 0.733. The minimum Gasteiger partial charge on any atom is -0.485 e. The van der Waals surface area contributed by atoms with Crippen LogP contribution in [0.2, 0.25) is 0 Å². The number of ether oxygens (including phenoxy) is 3. The van der Waals surface area contributed by atoms with Crippen LogP contribution in [0.3, 0.4) is 0 Å². The molecule has 0 aliphatic carbocycles. The Morgan fingerprint density at radius 2 is 2.12 bits per heavy atom. The molecule has 0 amide bonds. The van der Waals surface area contributed by atoms with Gasteiger partial charge in [0.05, 0.1) is 24.9 Å². The second-order valence-electron chi connectivity index (χ2n) is 7.13. The predicted molar refractivity (Wildman–Crippen MR) is 105 cm³/mol. The fourth-order valence-corrected chi connectivity index (χ4v) is 3.55. The Morgan fingerprint density at radius 3 is 2.81 bits per heavy atom. The Balaban J connectivity index is 1.60. The van der Waals surface area contributed by atoms with Crippen molar-refractivity contribution in [2.24, 2.45) is 0 Å². The summed E-state index contributed by atoms with van der Waals surface area (Å²) in [4.78, 5) is 2.16. The van der Waals surface area contributed by atoms with Crippen molar-refractivity contribution >= 4 is 28.9 Å². The first-order valence-corrected chi connectivity index (χ1v) is 10.4. The Morgan fingerprint density at radius 1 is 1.31 bits per heavy atom. The van der Waals surface area contributed by atoms with Gasteiger partial charge in [0.1, 0.15) is 18.5 Å². The summed E-state index contributed by atoms with van der Waals surface area (Å²) < 4.78 is 26.2. The smallest absolute Gasteiger partial charge is 0.271 e. The van der Waals surface area contributed by atoms with E-state index in [2.05, 4.69) is 39.7 Å². The number of aromatic nitrogens is 2. The van der Waals surface area contributed by atoms with E-state index < -0.39 is 0 Å². The molecule has 1 aliphatic rings. The van der Waals surface area contributed by atoms with Crippen LogP contribution < -0.4 is 19.7 Å². The molecule has 1 atom stereocenters. The maximum Gasteiger partial charge on any atom is 0.271 e. The van der Waals surface area contributed by atoms with Gasteiger partial charge in [-0.25, -0.2) is 0 Å². The highest BCUT2D eigenvalue weighted by molar-refractivity contribution is 7.08. The van der Waals surface area contributed by atoms with Gasteiger partial charge < -0.3 is 24.4 Å². The van der Waals surface area contributed by atoms with Crippen LogP contribution in [0.25, 0.3) is 0 Å². The summed E-state index contributed by atoms with van der Waals surface area (Å²) in [5.74, 6) is 2.24. The number of nitrogens with zero attached hydrogens (tertiary/aromatic N) is 3. The van der Waals surface area contributed by atoms with Crippen LogP contribution in [0.15, 0.2) is 16.8 Å². The molecule has 1 unspecified atom stereocenters. The highest BCUT2D eigenvalue weighted by Gasteiger charge is 2.22. The topological polar surface area (TPSA) is 68.7 Å². The first-order valence-electron chi connectivity index (χ1n) is 8.73. The number of morpholine rings is 1. The molecule has 144 valence electrons. The molecule has 1 saturated heterocycles. The fraction of sp³-hybridized carbons (Fsp3) is 0.647. The normalized spacial score (nSPS) is 16.5. The van der Waals surface area contributed by atoms with Gasteiger partial charge in [-0.3, -0.25) is 0 Å². The largest absolute Gasteiger partial charge is 0.485 e. The Kier molecular flexibility index (Phi) is 6.68. The molecular formula is C17H26N4O3S2. The van der Waals surface area contributed by atoms with E-state index in [-0.39, 0.29) is 11.6 Å². The van der Waals surface area contributed by atoms with Gasteiger partial charge in [-0.05, 0) is 32.2 Å². The molecule has 7 nitrogen and oxygen atoms in total. The molecule has 1 N–H and O–H groups in total. The summed E-state index contributed by atoms with van der Waals surface area (Å²) in [7, 11) is 0. The zero-order chi connectivity index (χ0) is 18.4. The minimum atomic E-state index is -0.122. The molecule has 9 heteroatoms. The Hall–Kier alpha value is -1.42. The predicted octanol–water partition coefficient (Wildman–Crippen LogP) is 2.65. The van der Waals surface area contributed by atoms with Gasteiger partial charge >= 0.3 is 0 Å². The molecule has 2 aromatic rings. The van der Waals surface area contributed by atoms with E-state index in [4.69, 9.17) is 14.2 Å². The van der Waals surface area contributed by atoms with E-state index in [9.17, 15) is 0 Å². The van der Waals surface area contributed by atoms with Crippen LogP contribution in [0.4, 0.5) is 5.82 Å². The van der Waals surface area contributed by atoms with Gasteiger partial charge in [-0.1, -0.05) is 0 Å². The van der Waals surface area contributed by atoms with Crippen LogP contribution in [-0.4, -0.2) is 59.8 Å². The van der Waals surface area contributed by atoms with E-state index in [0.717, 1.165) is 24.7 Å². The van der Waals surface area contributed by atoms with E-state index in [1.165, 1.54) is 11.7 Å². The lowest BCUT2D eigenvalue weighted by atomic mass is 10.1. The third-order valence-corrected chi connectivity index (χ3v) is 4.98. The lowest BCUT2D eigenvalue weighted by Gasteiger charge is -2.28. The maximum absolute atomic E-state index is 6.08. The molecule has 0 radical (unpaired) electrons. The molecule has 1 aliphatic heterocycles. The second-order valence-corrected chi connectivity index (χ2v) is 8.44. The van der Waals surface area contributed by atoms with Gasteiger partial charge in [0.15, 0.2) is 0 Å². The van der Waals surface area contributed by atoms with Crippen molar-refractivity contribution in [1.82, 2.24) is 14.1 Å². The number of nitrogens with one attached hydrogen (secondary N) is 1. The van der Waals surface area contributed by atoms with E-state index >= 15 is 0 Å². The first-order chi connectivity index (χ1) is 12.5. The average Bonchev–Trinajstić information content (AvgIpc) is 3.29. The molecule has 3 rings (SSSR count). The lowest BCUT2D eigenvalue weighted by Crippen LogP contribution is -2.44. The van der Waals surface area contributed by atoms with Gasteiger partial charge in [0, 0.05) is 30.6 Å². The molecule has 0 bridgehead atoms. The summed E-state index contributed by atoms with van der Waals surface area (Å²) in [6.45, 7) is 10.5. The molecule has 0 aromatic carbocycles. The monoisotopic (exact) mass is 398 g/mol. The molecule has 0 spiro atoms. The van der Waals surface area contributed by atoms with Crippen molar-refractivity contribution in [3.8, 4) is 11.6 Å². The van der Waals surface area contributed by atoms with Crippen LogP contribution in [-0.2, 0) is 4.74 Å². The van der Waals surface area contributed by atoms with Crippen LogP contribution >= 0.6 is 23.1 Å². The second kappa shape index (κ2) is 8.98. The molecule has 26 heavy (non-hydrogen) atoms. The number of rotatable bonds is 8. The number of hydrogen-bond acceptors (Lipinski definition) is 9. The van der Waals surface area contributed by atoms with E-state index in [1.807, 2.05) is 16.8 Å². The fourth-order valence-electron chi connectivity index (χ4n) is 2.47. The minimum absolute atomic E-state index is 0.0113. The van der Waals surface area contributed by atoms with Gasteiger partial charge in [-0.15, -0.1) is 15.7 Å². The van der Waals surface area contributed by atoms with Crippen LogP contribution in [0.1, 0.15) is 20.8 Å². The summed E-state index contributed by atoms with van der Waals surface area (Å²) in [6.07, 6.45) is -0.122. The third kappa shape index (κ3) is 5.80. The number of thiophene rings is 1.